The minimum atomic E-state index is -4.76. The van der Waals surface area contributed by atoms with Crippen LogP contribution in [0, 0.1) is 13.8 Å². The molecule has 0 atom stereocenters. The van der Waals surface area contributed by atoms with Gasteiger partial charge in [0.25, 0.3) is 11.8 Å². The van der Waals surface area contributed by atoms with Gasteiger partial charge in [-0.05, 0) is 77.3 Å². The van der Waals surface area contributed by atoms with Gasteiger partial charge in [0.05, 0.1) is 27.9 Å². The number of carbonyl (C=O) groups excluding carboxylic acids is 3. The Morgan fingerprint density at radius 2 is 1.70 bits per heavy atom. The molecule has 1 saturated heterocycles. The summed E-state index contributed by atoms with van der Waals surface area (Å²) in [5, 5.41) is 1.68. The second-order valence-electron chi connectivity index (χ2n) is 8.94. The van der Waals surface area contributed by atoms with E-state index in [1.807, 2.05) is 37.4 Å². The first-order chi connectivity index (χ1) is 18.8. The lowest BCUT2D eigenvalue weighted by atomic mass is 10.1. The zero-order chi connectivity index (χ0) is 29.4. The topological polar surface area (TPSA) is 84.9 Å². The SMILES string of the molecule is COc1cc(/C=C2/C(=O)NC(=O)N(c3cc(C(F)(F)F)ccc3Cl)C2=O)cc(Br)c1OCc1cc(C)cc(C)c1. The van der Waals surface area contributed by atoms with Crippen LogP contribution in [0.2, 0.25) is 5.02 Å². The van der Waals surface area contributed by atoms with Crippen molar-refractivity contribution in [2.24, 2.45) is 0 Å². The summed E-state index contributed by atoms with van der Waals surface area (Å²) in [4.78, 5) is 38.8. The van der Waals surface area contributed by atoms with E-state index in [0.29, 0.717) is 32.8 Å². The highest BCUT2D eigenvalue weighted by atomic mass is 79.9. The summed E-state index contributed by atoms with van der Waals surface area (Å²) in [5.41, 5.74) is 1.27. The molecular formula is C28H21BrClF3N2O5. The highest BCUT2D eigenvalue weighted by Gasteiger charge is 2.39. The third-order valence-corrected chi connectivity index (χ3v) is 6.75. The monoisotopic (exact) mass is 636 g/mol. The Balaban J connectivity index is 1.68. The van der Waals surface area contributed by atoms with Gasteiger partial charge in [-0.15, -0.1) is 0 Å². The third-order valence-electron chi connectivity index (χ3n) is 5.84. The van der Waals surface area contributed by atoms with E-state index in [9.17, 15) is 27.6 Å². The van der Waals surface area contributed by atoms with E-state index < -0.39 is 40.8 Å². The van der Waals surface area contributed by atoms with Crippen molar-refractivity contribution in [3.63, 3.8) is 0 Å². The number of alkyl halides is 3. The summed E-state index contributed by atoms with van der Waals surface area (Å²) in [7, 11) is 1.41. The Labute approximate surface area is 240 Å². The number of barbiturate groups is 1. The van der Waals surface area contributed by atoms with Crippen LogP contribution in [0.5, 0.6) is 11.5 Å². The Hall–Kier alpha value is -3.83. The number of hydrogen-bond donors (Lipinski definition) is 1. The van der Waals surface area contributed by atoms with Crippen molar-refractivity contribution < 1.29 is 37.0 Å². The van der Waals surface area contributed by atoms with Gasteiger partial charge in [0.1, 0.15) is 12.2 Å². The maximum Gasteiger partial charge on any atom is 0.416 e. The van der Waals surface area contributed by atoms with Gasteiger partial charge >= 0.3 is 12.2 Å². The number of ether oxygens (including phenoxy) is 2. The molecule has 12 heteroatoms. The predicted octanol–water partition coefficient (Wildman–Crippen LogP) is 6.99. The van der Waals surface area contributed by atoms with Gasteiger partial charge in [0.15, 0.2) is 11.5 Å². The van der Waals surface area contributed by atoms with Crippen molar-refractivity contribution in [3.05, 3.63) is 91.4 Å². The molecule has 7 nitrogen and oxygen atoms in total. The van der Waals surface area contributed by atoms with Crippen molar-refractivity contribution >= 4 is 57.1 Å². The molecule has 1 aliphatic heterocycles. The Kier molecular flexibility index (Phi) is 8.27. The molecule has 1 N–H and O–H groups in total. The first-order valence-electron chi connectivity index (χ1n) is 11.6. The number of aryl methyl sites for hydroxylation is 2. The van der Waals surface area contributed by atoms with Crippen LogP contribution in [0.3, 0.4) is 0 Å². The molecule has 208 valence electrons. The standard InChI is InChI=1S/C28H21BrClF3N2O5/c1-14-6-15(2)8-17(7-14)13-40-24-20(29)10-16(11-23(24)39-3)9-19-25(36)34-27(38)35(26(19)37)22-12-18(28(31,32)33)4-5-21(22)30/h4-12H,13H2,1-3H3,(H,34,36,38)/b19-9-. The summed E-state index contributed by atoms with van der Waals surface area (Å²) in [6.45, 7) is 4.20. The van der Waals surface area contributed by atoms with E-state index in [1.165, 1.54) is 19.3 Å². The van der Waals surface area contributed by atoms with Crippen LogP contribution in [-0.2, 0) is 22.4 Å². The average Bonchev–Trinajstić information content (AvgIpc) is 2.85. The lowest BCUT2D eigenvalue weighted by molar-refractivity contribution is -0.137. The first-order valence-corrected chi connectivity index (χ1v) is 12.8. The third kappa shape index (κ3) is 6.15. The van der Waals surface area contributed by atoms with Crippen LogP contribution in [0.15, 0.2) is 58.6 Å². The van der Waals surface area contributed by atoms with E-state index in [-0.39, 0.29) is 17.4 Å². The number of nitrogens with zero attached hydrogens (tertiary/aromatic N) is 1. The molecule has 1 fully saturated rings. The molecule has 0 radical (unpaired) electrons. The number of imide groups is 2. The molecule has 1 heterocycles. The van der Waals surface area contributed by atoms with Crippen molar-refractivity contribution in [2.75, 3.05) is 12.0 Å². The lowest BCUT2D eigenvalue weighted by Gasteiger charge is -2.27. The molecule has 0 saturated carbocycles. The zero-order valence-electron chi connectivity index (χ0n) is 21.3. The number of urea groups is 1. The first kappa shape index (κ1) is 29.2. The Morgan fingerprint density at radius 1 is 1.02 bits per heavy atom. The van der Waals surface area contributed by atoms with E-state index in [4.69, 9.17) is 21.1 Å². The van der Waals surface area contributed by atoms with Crippen LogP contribution in [0.4, 0.5) is 23.7 Å². The molecular weight excluding hydrogens is 617 g/mol. The zero-order valence-corrected chi connectivity index (χ0v) is 23.6. The molecule has 3 aromatic rings. The number of carbonyl (C=O) groups is 3. The number of anilines is 1. The van der Waals surface area contributed by atoms with Crippen LogP contribution in [-0.4, -0.2) is 25.0 Å². The number of methoxy groups -OCH3 is 1. The van der Waals surface area contributed by atoms with E-state index in [2.05, 4.69) is 15.9 Å². The van der Waals surface area contributed by atoms with E-state index in [1.54, 1.807) is 6.07 Å². The average molecular weight is 638 g/mol. The normalized spacial score (nSPS) is 14.9. The summed E-state index contributed by atoms with van der Waals surface area (Å²) in [6.07, 6.45) is -3.58. The Bertz CT molecular complexity index is 1550. The number of benzene rings is 3. The number of halogens is 5. The number of hydrogen-bond acceptors (Lipinski definition) is 5. The molecule has 0 spiro atoms. The molecule has 40 heavy (non-hydrogen) atoms. The van der Waals surface area contributed by atoms with Crippen molar-refractivity contribution in [3.8, 4) is 11.5 Å². The van der Waals surface area contributed by atoms with Crippen LogP contribution >= 0.6 is 27.5 Å². The largest absolute Gasteiger partial charge is 0.493 e. The van der Waals surface area contributed by atoms with Gasteiger partial charge in [0, 0.05) is 0 Å². The van der Waals surface area contributed by atoms with Gasteiger partial charge in [-0.3, -0.25) is 14.9 Å². The lowest BCUT2D eigenvalue weighted by Crippen LogP contribution is -2.54. The van der Waals surface area contributed by atoms with Crippen molar-refractivity contribution in [1.82, 2.24) is 5.32 Å². The fraction of sp³-hybridized carbons (Fsp3) is 0.179. The minimum absolute atomic E-state index is 0.244. The maximum absolute atomic E-state index is 13.3. The number of amides is 4. The van der Waals surface area contributed by atoms with Gasteiger partial charge in [-0.2, -0.15) is 13.2 Å². The van der Waals surface area contributed by atoms with Crippen LogP contribution < -0.4 is 19.7 Å². The van der Waals surface area contributed by atoms with E-state index in [0.717, 1.165) is 22.8 Å². The molecule has 3 aromatic carbocycles. The summed E-state index contributed by atoms with van der Waals surface area (Å²) in [5.74, 6) is -1.53. The molecule has 0 aromatic heterocycles. The molecule has 4 rings (SSSR count). The molecule has 0 unspecified atom stereocenters. The molecule has 0 aliphatic carbocycles. The van der Waals surface area contributed by atoms with Crippen molar-refractivity contribution in [1.29, 1.82) is 0 Å². The van der Waals surface area contributed by atoms with Gasteiger partial charge in [-0.25, -0.2) is 9.69 Å². The van der Waals surface area contributed by atoms with Crippen molar-refractivity contribution in [2.45, 2.75) is 26.6 Å². The van der Waals surface area contributed by atoms with E-state index >= 15 is 0 Å². The molecule has 0 bridgehead atoms. The number of nitrogens with one attached hydrogen (secondary N) is 1. The number of rotatable bonds is 6. The van der Waals surface area contributed by atoms with Gasteiger partial charge in [-0.1, -0.05) is 40.9 Å². The van der Waals surface area contributed by atoms with Crippen LogP contribution in [0.25, 0.3) is 6.08 Å². The second kappa shape index (κ2) is 11.3. The minimum Gasteiger partial charge on any atom is -0.493 e. The molecule has 1 aliphatic rings. The highest BCUT2D eigenvalue weighted by Crippen LogP contribution is 2.39. The van der Waals surface area contributed by atoms with Crippen LogP contribution in [0.1, 0.15) is 27.8 Å². The quantitative estimate of drug-likeness (QED) is 0.233. The van der Waals surface area contributed by atoms with Gasteiger partial charge < -0.3 is 9.47 Å². The highest BCUT2D eigenvalue weighted by molar-refractivity contribution is 9.10. The maximum atomic E-state index is 13.3. The fourth-order valence-electron chi connectivity index (χ4n) is 4.17. The van der Waals surface area contributed by atoms with Gasteiger partial charge in [0.2, 0.25) is 0 Å². The second-order valence-corrected chi connectivity index (χ2v) is 10.2. The Morgan fingerprint density at radius 3 is 2.33 bits per heavy atom. The predicted molar refractivity (Wildman–Crippen MR) is 146 cm³/mol. The smallest absolute Gasteiger partial charge is 0.416 e. The molecule has 4 amide bonds. The summed E-state index contributed by atoms with van der Waals surface area (Å²) in [6, 6.07) is 10.0. The summed E-state index contributed by atoms with van der Waals surface area (Å²) < 4.78 is 51.7. The fourth-order valence-corrected chi connectivity index (χ4v) is 4.95. The summed E-state index contributed by atoms with van der Waals surface area (Å²) >= 11 is 9.46.